The van der Waals surface area contributed by atoms with Crippen LogP contribution >= 0.6 is 0 Å². The van der Waals surface area contributed by atoms with Crippen molar-refractivity contribution >= 4 is 28.7 Å². The van der Waals surface area contributed by atoms with Crippen LogP contribution in [0.15, 0.2) is 60.7 Å². The van der Waals surface area contributed by atoms with Crippen molar-refractivity contribution in [2.45, 2.75) is 0 Å². The Hall–Kier alpha value is -0.778. The molecule has 0 atom stereocenters. The van der Waals surface area contributed by atoms with Gasteiger partial charge in [0.2, 0.25) is 0 Å². The van der Waals surface area contributed by atoms with Gasteiger partial charge in [0.05, 0.1) is 0 Å². The zero-order valence-corrected chi connectivity index (χ0v) is 11.9. The molecule has 0 unspecified atom stereocenters. The van der Waals surface area contributed by atoms with Gasteiger partial charge < -0.3 is 0 Å². The van der Waals surface area contributed by atoms with Crippen molar-refractivity contribution in [1.29, 1.82) is 0 Å². The number of halogens is 2. The van der Waals surface area contributed by atoms with Gasteiger partial charge in [0.15, 0.2) is 0 Å². The average Bonchev–Trinajstić information content (AvgIpc) is 2.31. The first-order valence-electron chi connectivity index (χ1n) is 4.70. The summed E-state index contributed by atoms with van der Waals surface area (Å²) < 4.78 is 28.7. The van der Waals surface area contributed by atoms with Crippen molar-refractivity contribution in [1.82, 2.24) is 0 Å². The molecule has 0 radical (unpaired) electrons. The van der Waals surface area contributed by atoms with Crippen LogP contribution in [-0.4, -0.2) is 22.4 Å². The Bertz CT molecular complexity index is 384. The Labute approximate surface area is 94.1 Å². The van der Waals surface area contributed by atoms with E-state index in [0.717, 1.165) is 0 Å². The van der Waals surface area contributed by atoms with Crippen molar-refractivity contribution < 1.29 is 5.02 Å². The molecule has 0 aromatic heterocycles. The van der Waals surface area contributed by atoms with Crippen molar-refractivity contribution in [2.24, 2.45) is 0 Å². The second-order valence-corrected chi connectivity index (χ2v) is 12.3. The van der Waals surface area contributed by atoms with Crippen LogP contribution < -0.4 is 6.25 Å². The summed E-state index contributed by atoms with van der Waals surface area (Å²) in [4.78, 5) is 0. The molecule has 2 rings (SSSR count). The molecule has 0 N–H and O–H groups in total. The van der Waals surface area contributed by atoms with Gasteiger partial charge in [0.25, 0.3) is 0 Å². The molecule has 0 heterocycles. The van der Waals surface area contributed by atoms with Gasteiger partial charge >= 0.3 is 94.4 Å². The fourth-order valence-corrected chi connectivity index (χ4v) is 7.51. The van der Waals surface area contributed by atoms with Gasteiger partial charge in [-0.05, 0) is 0 Å². The predicted molar refractivity (Wildman–Crippen MR) is 60.1 cm³/mol. The van der Waals surface area contributed by atoms with Crippen molar-refractivity contribution in [3.8, 4) is 0 Å². The second-order valence-electron chi connectivity index (χ2n) is 3.31. The van der Waals surface area contributed by atoms with Gasteiger partial charge in [-0.1, -0.05) is 0 Å². The number of hydrogen-bond donors (Lipinski definition) is 0. The van der Waals surface area contributed by atoms with E-state index in [2.05, 4.69) is 0 Å². The maximum atomic E-state index is 14.1. The normalized spacial score (nSPS) is 11.3. The third kappa shape index (κ3) is 2.25. The van der Waals surface area contributed by atoms with Crippen LogP contribution in [-0.2, 0) is 0 Å². The molecule has 0 amide bonds. The third-order valence-electron chi connectivity index (χ3n) is 2.27. The van der Waals surface area contributed by atoms with E-state index in [-0.39, 0.29) is 6.25 Å². The van der Waals surface area contributed by atoms with Gasteiger partial charge in [-0.15, -0.1) is 0 Å². The molecule has 0 fully saturated rings. The molecule has 76 valence electrons. The molecule has 0 aliphatic carbocycles. The Kier molecular flexibility index (Phi) is 3.14. The van der Waals surface area contributed by atoms with Gasteiger partial charge in [0, 0.05) is 0 Å². The van der Waals surface area contributed by atoms with E-state index < -0.39 is 22.4 Å². The molecule has 0 aliphatic heterocycles. The third-order valence-corrected chi connectivity index (χ3v) is 10.5. The first-order chi connectivity index (χ1) is 7.21. The summed E-state index contributed by atoms with van der Waals surface area (Å²) in [5.74, 6) is 0. The van der Waals surface area contributed by atoms with E-state index in [0.29, 0.717) is 0 Å². The number of rotatable bonds is 2. The summed E-state index contributed by atoms with van der Waals surface area (Å²) >= 11 is -5.38. The molecule has 2 aromatic carbocycles. The fourth-order valence-electron chi connectivity index (χ4n) is 1.46. The summed E-state index contributed by atoms with van der Waals surface area (Å²) in [5, 5.41) is 0. The fraction of sp³-hybridized carbons (Fsp3) is 0. The van der Waals surface area contributed by atoms with Crippen molar-refractivity contribution in [2.75, 3.05) is 0 Å². The number of hydrogen-bond acceptors (Lipinski definition) is 0. The maximum absolute atomic E-state index is 14.1. The standard InChI is InChI=1S/2C6H5.2FH.Pb/c2*1-2-4-6-5-3-1;;;/h2*1-5H;2*1H;/q;;;;+2/p-2. The molecule has 15 heavy (non-hydrogen) atoms. The molecule has 2 aromatic rings. The number of benzene rings is 2. The molecular formula is C12H10F2Pb. The Balaban J connectivity index is 2.44. The van der Waals surface area contributed by atoms with Gasteiger partial charge in [0.1, 0.15) is 0 Å². The SMILES string of the molecule is [F][Pb]([F])([c]1ccccc1)[c]1ccccc1. The van der Waals surface area contributed by atoms with E-state index in [1.807, 2.05) is 0 Å². The first kappa shape index (κ1) is 10.7. The molecule has 0 saturated carbocycles. The van der Waals surface area contributed by atoms with Gasteiger partial charge in [-0.2, -0.15) is 0 Å². The summed E-state index contributed by atoms with van der Waals surface area (Å²) in [6, 6.07) is 16.4. The average molecular weight is 399 g/mol. The molecule has 3 heteroatoms. The van der Waals surface area contributed by atoms with E-state index in [1.54, 1.807) is 36.4 Å². The summed E-state index contributed by atoms with van der Waals surface area (Å²) in [7, 11) is 0. The van der Waals surface area contributed by atoms with Gasteiger partial charge in [-0.25, -0.2) is 0 Å². The molecule has 0 aliphatic rings. The van der Waals surface area contributed by atoms with Crippen molar-refractivity contribution in [3.05, 3.63) is 60.7 Å². The van der Waals surface area contributed by atoms with Crippen LogP contribution in [0.5, 0.6) is 0 Å². The predicted octanol–water partition coefficient (Wildman–Crippen LogP) is 2.18. The topological polar surface area (TPSA) is 0 Å². The molecule has 0 spiro atoms. The monoisotopic (exact) mass is 400 g/mol. The molecular weight excluding hydrogens is 389 g/mol. The van der Waals surface area contributed by atoms with E-state index >= 15 is 0 Å². The first-order valence-corrected chi connectivity index (χ1v) is 11.5. The van der Waals surface area contributed by atoms with Crippen LogP contribution in [0, 0.1) is 0 Å². The van der Waals surface area contributed by atoms with E-state index in [9.17, 15) is 5.02 Å². The summed E-state index contributed by atoms with van der Waals surface area (Å²) in [5.41, 5.74) is 0. The van der Waals surface area contributed by atoms with Gasteiger partial charge in [-0.3, -0.25) is 0 Å². The Morgan fingerprint density at radius 3 is 1.27 bits per heavy atom. The molecule has 0 nitrogen and oxygen atoms in total. The van der Waals surface area contributed by atoms with Crippen LogP contribution in [0.2, 0.25) is 0 Å². The van der Waals surface area contributed by atoms with Crippen LogP contribution in [0.4, 0.5) is 5.02 Å². The van der Waals surface area contributed by atoms with Crippen LogP contribution in [0.25, 0.3) is 0 Å². The molecule has 0 saturated heterocycles. The quantitative estimate of drug-likeness (QED) is 0.680. The van der Waals surface area contributed by atoms with E-state index in [4.69, 9.17) is 0 Å². The Morgan fingerprint density at radius 1 is 0.600 bits per heavy atom. The van der Waals surface area contributed by atoms with Crippen LogP contribution in [0.3, 0.4) is 0 Å². The van der Waals surface area contributed by atoms with E-state index in [1.165, 1.54) is 24.3 Å². The zero-order chi connectivity index (χ0) is 10.7. The van der Waals surface area contributed by atoms with Crippen molar-refractivity contribution in [3.63, 3.8) is 0 Å². The second kappa shape index (κ2) is 4.39. The zero-order valence-electron chi connectivity index (χ0n) is 8.03. The Morgan fingerprint density at radius 2 is 0.933 bits per heavy atom. The summed E-state index contributed by atoms with van der Waals surface area (Å²) in [6.45, 7) is 0. The summed E-state index contributed by atoms with van der Waals surface area (Å²) in [6.07, 6.45) is 0. The van der Waals surface area contributed by atoms with Crippen LogP contribution in [0.1, 0.15) is 0 Å². The minimum atomic E-state index is -5.38. The molecule has 0 bridgehead atoms. The minimum absolute atomic E-state index is 0.246.